The number of esters is 1. The first-order valence-electron chi connectivity index (χ1n) is 7.30. The van der Waals surface area contributed by atoms with Gasteiger partial charge in [-0.1, -0.05) is 0 Å². The Labute approximate surface area is 123 Å². The SMILES string of the molecule is C[C@@H]1C[C@@H](N2CCO[C@@H](CNc3cccnn3)C2)C(=O)O1. The van der Waals surface area contributed by atoms with Crippen molar-refractivity contribution >= 4 is 11.8 Å². The molecule has 114 valence electrons. The van der Waals surface area contributed by atoms with Crippen LogP contribution in [-0.4, -0.2) is 65.6 Å². The largest absolute Gasteiger partial charge is 0.461 e. The number of anilines is 1. The van der Waals surface area contributed by atoms with Gasteiger partial charge < -0.3 is 14.8 Å². The standard InChI is InChI=1S/C14H20N4O3/c1-10-7-12(14(19)21-10)18-5-6-20-11(9-18)8-15-13-3-2-4-16-17-13/h2-4,10-12H,5-9H2,1H3,(H,15,17)/t10-,11+,12-/m1/s1. The molecule has 21 heavy (non-hydrogen) atoms. The van der Waals surface area contributed by atoms with Gasteiger partial charge in [-0.25, -0.2) is 0 Å². The number of hydrogen-bond donors (Lipinski definition) is 1. The summed E-state index contributed by atoms with van der Waals surface area (Å²) in [6.07, 6.45) is 2.45. The van der Waals surface area contributed by atoms with Crippen LogP contribution in [0.5, 0.6) is 0 Å². The second-order valence-corrected chi connectivity index (χ2v) is 5.48. The number of rotatable bonds is 4. The van der Waals surface area contributed by atoms with Crippen molar-refractivity contribution < 1.29 is 14.3 Å². The van der Waals surface area contributed by atoms with E-state index in [1.165, 1.54) is 0 Å². The van der Waals surface area contributed by atoms with E-state index >= 15 is 0 Å². The van der Waals surface area contributed by atoms with E-state index in [1.54, 1.807) is 6.20 Å². The molecular weight excluding hydrogens is 272 g/mol. The van der Waals surface area contributed by atoms with Crippen LogP contribution in [0.25, 0.3) is 0 Å². The molecule has 2 aliphatic rings. The number of carbonyl (C=O) groups is 1. The molecule has 2 fully saturated rings. The molecule has 3 atom stereocenters. The molecule has 0 aromatic carbocycles. The third-order valence-electron chi connectivity index (χ3n) is 3.84. The molecule has 1 N–H and O–H groups in total. The third kappa shape index (κ3) is 3.48. The Kier molecular flexibility index (Phi) is 4.31. The lowest BCUT2D eigenvalue weighted by molar-refractivity contribution is -0.146. The Morgan fingerprint density at radius 2 is 2.43 bits per heavy atom. The number of cyclic esters (lactones) is 1. The maximum Gasteiger partial charge on any atom is 0.323 e. The lowest BCUT2D eigenvalue weighted by atomic mass is 10.1. The summed E-state index contributed by atoms with van der Waals surface area (Å²) >= 11 is 0. The van der Waals surface area contributed by atoms with E-state index in [0.717, 1.165) is 25.3 Å². The number of carbonyl (C=O) groups excluding carboxylic acids is 1. The molecule has 0 aliphatic carbocycles. The minimum atomic E-state index is -0.122. The summed E-state index contributed by atoms with van der Waals surface area (Å²) < 4.78 is 11.0. The summed E-state index contributed by atoms with van der Waals surface area (Å²) in [5, 5.41) is 11.0. The Morgan fingerprint density at radius 3 is 3.14 bits per heavy atom. The van der Waals surface area contributed by atoms with Gasteiger partial charge in [-0.2, -0.15) is 5.10 Å². The summed E-state index contributed by atoms with van der Waals surface area (Å²) in [4.78, 5) is 14.0. The van der Waals surface area contributed by atoms with E-state index in [1.807, 2.05) is 19.1 Å². The fraction of sp³-hybridized carbons (Fsp3) is 0.643. The van der Waals surface area contributed by atoms with Crippen LogP contribution < -0.4 is 5.32 Å². The zero-order valence-corrected chi connectivity index (χ0v) is 12.1. The molecule has 3 heterocycles. The maximum absolute atomic E-state index is 11.8. The van der Waals surface area contributed by atoms with Crippen LogP contribution in [0.15, 0.2) is 18.3 Å². The summed E-state index contributed by atoms with van der Waals surface area (Å²) in [6.45, 7) is 4.71. The Hall–Kier alpha value is -1.73. The first-order valence-corrected chi connectivity index (χ1v) is 7.30. The van der Waals surface area contributed by atoms with Gasteiger partial charge in [0.2, 0.25) is 0 Å². The van der Waals surface area contributed by atoms with Crippen molar-refractivity contribution in [3.63, 3.8) is 0 Å². The van der Waals surface area contributed by atoms with Crippen LogP contribution in [0.1, 0.15) is 13.3 Å². The van der Waals surface area contributed by atoms with Crippen LogP contribution in [-0.2, 0) is 14.3 Å². The first kappa shape index (κ1) is 14.2. The highest BCUT2D eigenvalue weighted by molar-refractivity contribution is 5.78. The molecule has 2 aliphatic heterocycles. The van der Waals surface area contributed by atoms with Gasteiger partial charge in [0.05, 0.1) is 12.7 Å². The Morgan fingerprint density at radius 1 is 1.52 bits per heavy atom. The molecule has 1 aromatic heterocycles. The van der Waals surface area contributed by atoms with E-state index in [2.05, 4.69) is 20.4 Å². The molecule has 7 nitrogen and oxygen atoms in total. The molecule has 3 rings (SSSR count). The first-order chi connectivity index (χ1) is 10.2. The van der Waals surface area contributed by atoms with Crippen LogP contribution in [0.2, 0.25) is 0 Å². The molecule has 0 amide bonds. The lowest BCUT2D eigenvalue weighted by Gasteiger charge is -2.35. The van der Waals surface area contributed by atoms with Gasteiger partial charge in [-0.15, -0.1) is 5.10 Å². The lowest BCUT2D eigenvalue weighted by Crippen LogP contribution is -2.51. The third-order valence-corrected chi connectivity index (χ3v) is 3.84. The Balaban J connectivity index is 1.52. The second-order valence-electron chi connectivity index (χ2n) is 5.48. The second kappa shape index (κ2) is 6.36. The molecule has 1 aromatic rings. The van der Waals surface area contributed by atoms with Gasteiger partial charge in [-0.3, -0.25) is 9.69 Å². The number of nitrogens with one attached hydrogen (secondary N) is 1. The van der Waals surface area contributed by atoms with Crippen molar-refractivity contribution in [2.45, 2.75) is 31.6 Å². The van der Waals surface area contributed by atoms with Crippen molar-refractivity contribution in [2.75, 3.05) is 31.6 Å². The minimum absolute atomic E-state index is 0.0153. The van der Waals surface area contributed by atoms with Crippen molar-refractivity contribution in [2.24, 2.45) is 0 Å². The molecule has 0 spiro atoms. The fourth-order valence-electron chi connectivity index (χ4n) is 2.80. The number of aromatic nitrogens is 2. The highest BCUT2D eigenvalue weighted by Crippen LogP contribution is 2.22. The predicted molar refractivity (Wildman–Crippen MR) is 75.8 cm³/mol. The normalized spacial score (nSPS) is 30.1. The van der Waals surface area contributed by atoms with Crippen molar-refractivity contribution in [3.05, 3.63) is 18.3 Å². The average molecular weight is 292 g/mol. The number of nitrogens with zero attached hydrogens (tertiary/aromatic N) is 3. The summed E-state index contributed by atoms with van der Waals surface area (Å²) in [6, 6.07) is 3.58. The molecular formula is C14H20N4O3. The topological polar surface area (TPSA) is 76.6 Å². The van der Waals surface area contributed by atoms with Crippen molar-refractivity contribution in [1.82, 2.24) is 15.1 Å². The van der Waals surface area contributed by atoms with Crippen LogP contribution >= 0.6 is 0 Å². The quantitative estimate of drug-likeness (QED) is 0.799. The van der Waals surface area contributed by atoms with Crippen LogP contribution in [0.3, 0.4) is 0 Å². The molecule has 0 radical (unpaired) electrons. The van der Waals surface area contributed by atoms with E-state index < -0.39 is 0 Å². The van der Waals surface area contributed by atoms with Gasteiger partial charge in [0.1, 0.15) is 18.0 Å². The zero-order valence-electron chi connectivity index (χ0n) is 12.1. The van der Waals surface area contributed by atoms with Crippen LogP contribution in [0.4, 0.5) is 5.82 Å². The van der Waals surface area contributed by atoms with Gasteiger partial charge in [0.25, 0.3) is 0 Å². The van der Waals surface area contributed by atoms with Gasteiger partial charge in [0.15, 0.2) is 0 Å². The number of ether oxygens (including phenoxy) is 2. The summed E-state index contributed by atoms with van der Waals surface area (Å²) in [7, 11) is 0. The van der Waals surface area contributed by atoms with E-state index in [4.69, 9.17) is 9.47 Å². The predicted octanol–water partition coefficient (Wildman–Crippen LogP) is 0.293. The molecule has 2 saturated heterocycles. The zero-order chi connectivity index (χ0) is 14.7. The molecule has 0 saturated carbocycles. The minimum Gasteiger partial charge on any atom is -0.461 e. The smallest absolute Gasteiger partial charge is 0.323 e. The Bertz CT molecular complexity index is 484. The van der Waals surface area contributed by atoms with Crippen LogP contribution in [0, 0.1) is 0 Å². The highest BCUT2D eigenvalue weighted by Gasteiger charge is 2.38. The maximum atomic E-state index is 11.8. The van der Waals surface area contributed by atoms with Gasteiger partial charge >= 0.3 is 5.97 Å². The van der Waals surface area contributed by atoms with Gasteiger partial charge in [-0.05, 0) is 19.1 Å². The fourth-order valence-corrected chi connectivity index (χ4v) is 2.80. The average Bonchev–Trinajstić information content (AvgIpc) is 2.85. The molecule has 7 heteroatoms. The number of morpholine rings is 1. The monoisotopic (exact) mass is 292 g/mol. The van der Waals surface area contributed by atoms with Crippen molar-refractivity contribution in [3.8, 4) is 0 Å². The van der Waals surface area contributed by atoms with Crippen molar-refractivity contribution in [1.29, 1.82) is 0 Å². The summed E-state index contributed by atoms with van der Waals surface area (Å²) in [5.74, 6) is 0.622. The number of hydrogen-bond acceptors (Lipinski definition) is 7. The summed E-state index contributed by atoms with van der Waals surface area (Å²) in [5.41, 5.74) is 0. The van der Waals surface area contributed by atoms with E-state index in [-0.39, 0.29) is 24.2 Å². The van der Waals surface area contributed by atoms with E-state index in [0.29, 0.717) is 13.2 Å². The highest BCUT2D eigenvalue weighted by atomic mass is 16.6. The van der Waals surface area contributed by atoms with Gasteiger partial charge in [0, 0.05) is 32.3 Å². The molecule has 0 bridgehead atoms. The van der Waals surface area contributed by atoms with E-state index in [9.17, 15) is 4.79 Å². The molecule has 0 unspecified atom stereocenters.